The molecule has 1 aliphatic rings. The third-order valence-corrected chi connectivity index (χ3v) is 7.61. The molecule has 0 amide bonds. The van der Waals surface area contributed by atoms with E-state index in [0.29, 0.717) is 23.7 Å². The molecular formula is C13H16N3O3P3. The van der Waals surface area contributed by atoms with Crippen molar-refractivity contribution < 1.29 is 14.1 Å². The van der Waals surface area contributed by atoms with E-state index in [1.165, 1.54) is 0 Å². The van der Waals surface area contributed by atoms with Crippen molar-refractivity contribution in [2.24, 2.45) is 13.5 Å². The molecule has 0 saturated carbocycles. The topological polar surface area (TPSA) is 72.6 Å². The first-order chi connectivity index (χ1) is 10.7. The van der Waals surface area contributed by atoms with Crippen LogP contribution in [0.1, 0.15) is 12.8 Å². The molecule has 1 aliphatic heterocycles. The zero-order valence-electron chi connectivity index (χ0n) is 11.9. The molecular weight excluding hydrogens is 339 g/mol. The molecule has 0 radical (unpaired) electrons. The van der Waals surface area contributed by atoms with E-state index in [1.807, 2.05) is 30.3 Å². The predicted octanol–water partition coefficient (Wildman–Crippen LogP) is 5.71. The van der Waals surface area contributed by atoms with Crippen LogP contribution in [0.5, 0.6) is 5.75 Å². The smallest absolute Gasteiger partial charge is 0.330 e. The fourth-order valence-corrected chi connectivity index (χ4v) is 6.40. The lowest BCUT2D eigenvalue weighted by molar-refractivity contribution is -0.137. The number of unbranched alkanes of at least 4 members (excludes halogenated alkanes) is 1. The standard InChI is InChI=1S/C13H16N3O3P3/c1-2-13(17)18-10-6-7-11-22(15-20-14-21-16-22)19-12-8-4-3-5-9-12/h2-5,8-9H,1,6-7,10-11H2. The van der Waals surface area contributed by atoms with Crippen LogP contribution in [0.25, 0.3) is 0 Å². The first-order valence-corrected chi connectivity index (χ1v) is 10.1. The zero-order chi connectivity index (χ0) is 15.7. The van der Waals surface area contributed by atoms with Crippen LogP contribution in [0.15, 0.2) is 56.5 Å². The van der Waals surface area contributed by atoms with Crippen LogP contribution in [0.4, 0.5) is 0 Å². The Morgan fingerprint density at radius 1 is 1.27 bits per heavy atom. The van der Waals surface area contributed by atoms with Gasteiger partial charge in [-0.15, -0.1) is 0 Å². The van der Waals surface area contributed by atoms with E-state index in [4.69, 9.17) is 9.26 Å². The van der Waals surface area contributed by atoms with Gasteiger partial charge in [0, 0.05) is 12.2 Å². The number of benzene rings is 1. The Kier molecular flexibility index (Phi) is 6.92. The fourth-order valence-electron chi connectivity index (χ4n) is 1.67. The molecule has 0 aromatic heterocycles. The summed E-state index contributed by atoms with van der Waals surface area (Å²) >= 11 is 0. The quantitative estimate of drug-likeness (QED) is 0.259. The number of rotatable bonds is 8. The Morgan fingerprint density at radius 3 is 2.77 bits per heavy atom. The number of esters is 1. The second-order valence-electron chi connectivity index (χ2n) is 4.32. The van der Waals surface area contributed by atoms with E-state index in [1.54, 1.807) is 0 Å². The van der Waals surface area contributed by atoms with Crippen molar-refractivity contribution >= 4 is 30.4 Å². The van der Waals surface area contributed by atoms with Gasteiger partial charge in [-0.2, -0.15) is 13.5 Å². The number of nitrogens with zero attached hydrogens (tertiary/aromatic N) is 3. The van der Waals surface area contributed by atoms with E-state index < -0.39 is 13.4 Å². The van der Waals surface area contributed by atoms with Gasteiger partial charge in [-0.1, -0.05) is 24.8 Å². The van der Waals surface area contributed by atoms with Gasteiger partial charge < -0.3 is 9.26 Å². The van der Waals surface area contributed by atoms with Gasteiger partial charge in [-0.05, 0) is 25.0 Å². The van der Waals surface area contributed by atoms with Gasteiger partial charge in [0.1, 0.15) is 5.75 Å². The predicted molar refractivity (Wildman–Crippen MR) is 90.4 cm³/mol. The van der Waals surface area contributed by atoms with Gasteiger partial charge in [-0.3, -0.25) is 0 Å². The number of para-hydroxylation sites is 1. The summed E-state index contributed by atoms with van der Waals surface area (Å²) in [5.74, 6) is 0.377. The van der Waals surface area contributed by atoms with E-state index in [0.717, 1.165) is 30.8 Å². The van der Waals surface area contributed by atoms with Gasteiger partial charge in [0.25, 0.3) is 7.43 Å². The highest BCUT2D eigenvalue weighted by atomic mass is 31.2. The fraction of sp³-hybridized carbons (Fsp3) is 0.308. The molecule has 0 fully saturated rings. The maximum absolute atomic E-state index is 11.0. The highest BCUT2D eigenvalue weighted by Gasteiger charge is 2.22. The molecule has 0 saturated heterocycles. The van der Waals surface area contributed by atoms with Crippen molar-refractivity contribution in [2.45, 2.75) is 12.8 Å². The van der Waals surface area contributed by atoms with E-state index >= 15 is 0 Å². The second-order valence-corrected chi connectivity index (χ2v) is 8.78. The minimum Gasteiger partial charge on any atom is -0.463 e. The number of carbonyl (C=O) groups is 1. The normalized spacial score (nSPS) is 20.7. The molecule has 1 aromatic carbocycles. The minimum atomic E-state index is -2.21. The summed E-state index contributed by atoms with van der Waals surface area (Å²) in [7, 11) is -0.866. The Bertz CT molecular complexity index is 632. The highest BCUT2D eigenvalue weighted by Crippen LogP contribution is 2.59. The van der Waals surface area contributed by atoms with Gasteiger partial charge in [-0.25, -0.2) is 4.79 Å². The first kappa shape index (κ1) is 17.0. The van der Waals surface area contributed by atoms with Crippen molar-refractivity contribution in [1.29, 1.82) is 0 Å². The third-order valence-electron chi connectivity index (χ3n) is 2.69. The second kappa shape index (κ2) is 8.95. The van der Waals surface area contributed by atoms with Crippen molar-refractivity contribution in [3.63, 3.8) is 0 Å². The molecule has 1 heterocycles. The average molecular weight is 355 g/mol. The lowest BCUT2D eigenvalue weighted by atomic mass is 10.3. The van der Waals surface area contributed by atoms with Crippen molar-refractivity contribution in [1.82, 2.24) is 0 Å². The number of hydrogen-bond donors (Lipinski definition) is 0. The molecule has 1 atom stereocenters. The van der Waals surface area contributed by atoms with Gasteiger partial charge in [0.15, 0.2) is 17.0 Å². The molecule has 116 valence electrons. The van der Waals surface area contributed by atoms with Crippen LogP contribution in [0.2, 0.25) is 0 Å². The summed E-state index contributed by atoms with van der Waals surface area (Å²) in [6.45, 7) is 3.73. The molecule has 1 aromatic rings. The monoisotopic (exact) mass is 355 g/mol. The zero-order valence-corrected chi connectivity index (χ0v) is 14.6. The third kappa shape index (κ3) is 5.46. The van der Waals surface area contributed by atoms with Gasteiger partial charge in [0.05, 0.1) is 6.61 Å². The summed E-state index contributed by atoms with van der Waals surface area (Å²) in [4.78, 5) is 11.0. The van der Waals surface area contributed by atoms with Crippen LogP contribution in [0, 0.1) is 0 Å². The summed E-state index contributed by atoms with van der Waals surface area (Å²) in [6, 6.07) is 9.58. The number of ether oxygens (including phenoxy) is 1. The molecule has 1 unspecified atom stereocenters. The van der Waals surface area contributed by atoms with Crippen LogP contribution in [0.3, 0.4) is 0 Å². The molecule has 0 N–H and O–H groups in total. The summed E-state index contributed by atoms with van der Waals surface area (Å²) in [6.07, 6.45) is 3.46. The Hall–Kier alpha value is -1.34. The van der Waals surface area contributed by atoms with Gasteiger partial charge >= 0.3 is 5.97 Å². The lowest BCUT2D eigenvalue weighted by Gasteiger charge is -2.20. The average Bonchev–Trinajstić information content (AvgIpc) is 2.56. The first-order valence-electron chi connectivity index (χ1n) is 6.71. The molecule has 22 heavy (non-hydrogen) atoms. The van der Waals surface area contributed by atoms with E-state index in [-0.39, 0.29) is 0 Å². The van der Waals surface area contributed by atoms with Crippen molar-refractivity contribution in [3.8, 4) is 5.75 Å². The summed E-state index contributed by atoms with van der Waals surface area (Å²) < 4.78 is 24.1. The number of hydrogen-bond acceptors (Lipinski definition) is 6. The highest BCUT2D eigenvalue weighted by molar-refractivity contribution is 7.69. The SMILES string of the molecule is C=CC(=O)OCCCCP1(Oc2ccccc2)=NP=NP=N1. The Balaban J connectivity index is 1.92. The van der Waals surface area contributed by atoms with Crippen LogP contribution in [-0.2, 0) is 9.53 Å². The maximum Gasteiger partial charge on any atom is 0.330 e. The largest absolute Gasteiger partial charge is 0.463 e. The van der Waals surface area contributed by atoms with E-state index in [2.05, 4.69) is 20.1 Å². The molecule has 0 spiro atoms. The summed E-state index contributed by atoms with van der Waals surface area (Å²) in [5, 5.41) is 0. The summed E-state index contributed by atoms with van der Waals surface area (Å²) in [5.41, 5.74) is 0. The molecule has 2 rings (SSSR count). The molecule has 0 bridgehead atoms. The van der Waals surface area contributed by atoms with E-state index in [9.17, 15) is 4.79 Å². The lowest BCUT2D eigenvalue weighted by Crippen LogP contribution is -2.03. The van der Waals surface area contributed by atoms with Crippen molar-refractivity contribution in [2.75, 3.05) is 12.8 Å². The minimum absolute atomic E-state index is 0.371. The van der Waals surface area contributed by atoms with Crippen LogP contribution < -0.4 is 4.52 Å². The molecule has 6 nitrogen and oxygen atoms in total. The van der Waals surface area contributed by atoms with Crippen LogP contribution >= 0.6 is 24.5 Å². The Morgan fingerprint density at radius 2 is 2.09 bits per heavy atom. The number of carbonyl (C=O) groups excluding carboxylic acids is 1. The van der Waals surface area contributed by atoms with Crippen molar-refractivity contribution in [3.05, 3.63) is 43.0 Å². The van der Waals surface area contributed by atoms with Crippen LogP contribution in [-0.4, -0.2) is 18.7 Å². The molecule has 9 heteroatoms. The molecule has 0 aliphatic carbocycles. The maximum atomic E-state index is 11.0. The van der Waals surface area contributed by atoms with Gasteiger partial charge in [0.2, 0.25) is 0 Å². The Labute approximate surface area is 133 Å².